The van der Waals surface area contributed by atoms with Crippen LogP contribution in [-0.4, -0.2) is 16.1 Å². The maximum absolute atomic E-state index is 12.2. The van der Waals surface area contributed by atoms with Gasteiger partial charge < -0.3 is 9.26 Å². The van der Waals surface area contributed by atoms with E-state index in [9.17, 15) is 4.79 Å². The Morgan fingerprint density at radius 2 is 2.20 bits per heavy atom. The van der Waals surface area contributed by atoms with Crippen LogP contribution < -0.4 is 0 Å². The van der Waals surface area contributed by atoms with Crippen molar-refractivity contribution in [3.05, 3.63) is 46.6 Å². The second-order valence-electron chi connectivity index (χ2n) is 4.94. The molecule has 2 rings (SSSR count). The summed E-state index contributed by atoms with van der Waals surface area (Å²) in [5, 5.41) is 4.25. The Morgan fingerprint density at radius 3 is 2.80 bits per heavy atom. The van der Waals surface area contributed by atoms with Gasteiger partial charge in [-0.3, -0.25) is 4.79 Å². The highest BCUT2D eigenvalue weighted by atomic mass is 35.5. The lowest BCUT2D eigenvalue weighted by molar-refractivity contribution is -0.151. The summed E-state index contributed by atoms with van der Waals surface area (Å²) >= 11 is 5.95. The molecule has 1 aromatic carbocycles. The molecule has 1 heterocycles. The minimum absolute atomic E-state index is 0.0137. The zero-order valence-electron chi connectivity index (χ0n) is 11.5. The van der Waals surface area contributed by atoms with Gasteiger partial charge in [-0.1, -0.05) is 28.9 Å². The summed E-state index contributed by atoms with van der Waals surface area (Å²) in [5.74, 6) is 0.408. The summed E-state index contributed by atoms with van der Waals surface area (Å²) in [7, 11) is 0. The second kappa shape index (κ2) is 5.63. The first-order valence-corrected chi connectivity index (χ1v) is 6.50. The van der Waals surface area contributed by atoms with E-state index in [1.807, 2.05) is 6.07 Å². The van der Waals surface area contributed by atoms with Gasteiger partial charge in [0.1, 0.15) is 0 Å². The Hall–Kier alpha value is -1.88. The largest absolute Gasteiger partial charge is 0.457 e. The van der Waals surface area contributed by atoms with E-state index in [1.165, 1.54) is 0 Å². The molecule has 0 saturated heterocycles. The van der Waals surface area contributed by atoms with Crippen LogP contribution in [-0.2, 0) is 21.6 Å². The van der Waals surface area contributed by atoms with E-state index in [1.54, 1.807) is 39.0 Å². The third kappa shape index (κ3) is 3.17. The maximum Gasteiger partial charge on any atom is 0.316 e. The Balaban J connectivity index is 2.07. The quantitative estimate of drug-likeness (QED) is 0.811. The number of hydrogen-bond donors (Lipinski definition) is 0. The van der Waals surface area contributed by atoms with Crippen molar-refractivity contribution in [1.82, 2.24) is 10.1 Å². The van der Waals surface area contributed by atoms with E-state index in [0.717, 1.165) is 5.56 Å². The predicted molar refractivity (Wildman–Crippen MR) is 73.3 cm³/mol. The number of aryl methyl sites for hydroxylation is 1. The highest BCUT2D eigenvalue weighted by Gasteiger charge is 2.32. The van der Waals surface area contributed by atoms with Gasteiger partial charge in [0.25, 0.3) is 0 Å². The molecule has 5 nitrogen and oxygen atoms in total. The SMILES string of the molecule is Cc1nc(COC(=O)C(C)(C)c2cccc(Cl)c2)no1. The van der Waals surface area contributed by atoms with Gasteiger partial charge in [-0.25, -0.2) is 0 Å². The fourth-order valence-corrected chi connectivity index (χ4v) is 1.90. The number of carbonyl (C=O) groups excluding carboxylic acids is 1. The maximum atomic E-state index is 12.2. The van der Waals surface area contributed by atoms with E-state index in [0.29, 0.717) is 16.7 Å². The highest BCUT2D eigenvalue weighted by molar-refractivity contribution is 6.30. The third-order valence-electron chi connectivity index (χ3n) is 2.96. The van der Waals surface area contributed by atoms with Gasteiger partial charge >= 0.3 is 5.97 Å². The van der Waals surface area contributed by atoms with Crippen LogP contribution in [0.1, 0.15) is 31.1 Å². The van der Waals surface area contributed by atoms with Crippen molar-refractivity contribution in [3.8, 4) is 0 Å². The number of esters is 1. The smallest absolute Gasteiger partial charge is 0.316 e. The lowest BCUT2D eigenvalue weighted by Crippen LogP contribution is -2.31. The molecule has 0 radical (unpaired) electrons. The van der Waals surface area contributed by atoms with Crippen LogP contribution in [0.25, 0.3) is 0 Å². The van der Waals surface area contributed by atoms with Crippen molar-refractivity contribution in [2.24, 2.45) is 0 Å². The molecule has 0 spiro atoms. The zero-order chi connectivity index (χ0) is 14.8. The predicted octanol–water partition coefficient (Wildman–Crippen LogP) is 3.05. The van der Waals surface area contributed by atoms with E-state index in [4.69, 9.17) is 20.9 Å². The molecular formula is C14H15ClN2O3. The van der Waals surface area contributed by atoms with Crippen LogP contribution in [0.5, 0.6) is 0 Å². The van der Waals surface area contributed by atoms with Crippen molar-refractivity contribution < 1.29 is 14.1 Å². The van der Waals surface area contributed by atoms with E-state index in [-0.39, 0.29) is 12.6 Å². The second-order valence-corrected chi connectivity index (χ2v) is 5.38. The molecule has 0 fully saturated rings. The number of rotatable bonds is 4. The number of benzene rings is 1. The molecule has 0 N–H and O–H groups in total. The summed E-state index contributed by atoms with van der Waals surface area (Å²) in [6.45, 7) is 5.22. The molecule has 2 aromatic rings. The number of nitrogens with zero attached hydrogens (tertiary/aromatic N) is 2. The summed E-state index contributed by atoms with van der Waals surface area (Å²) < 4.78 is 10.0. The van der Waals surface area contributed by atoms with Crippen molar-refractivity contribution >= 4 is 17.6 Å². The fraction of sp³-hybridized carbons (Fsp3) is 0.357. The molecule has 0 aliphatic rings. The van der Waals surface area contributed by atoms with Crippen LogP contribution >= 0.6 is 11.6 Å². The van der Waals surface area contributed by atoms with Crippen LogP contribution in [0.2, 0.25) is 5.02 Å². The number of carbonyl (C=O) groups is 1. The molecule has 0 unspecified atom stereocenters. The molecule has 6 heteroatoms. The zero-order valence-corrected chi connectivity index (χ0v) is 12.3. The van der Waals surface area contributed by atoms with Gasteiger partial charge in [0.15, 0.2) is 6.61 Å². The highest BCUT2D eigenvalue weighted by Crippen LogP contribution is 2.27. The van der Waals surface area contributed by atoms with Crippen molar-refractivity contribution in [2.45, 2.75) is 32.8 Å². The first kappa shape index (κ1) is 14.5. The minimum atomic E-state index is -0.802. The van der Waals surface area contributed by atoms with Gasteiger partial charge in [0, 0.05) is 11.9 Å². The molecule has 0 amide bonds. The number of halogens is 1. The fourth-order valence-electron chi connectivity index (χ4n) is 1.71. The first-order chi connectivity index (χ1) is 9.39. The van der Waals surface area contributed by atoms with Gasteiger partial charge in [0.05, 0.1) is 5.41 Å². The molecule has 0 aliphatic heterocycles. The molecule has 20 heavy (non-hydrogen) atoms. The Morgan fingerprint density at radius 1 is 1.45 bits per heavy atom. The Kier molecular flexibility index (Phi) is 4.09. The molecule has 1 aromatic heterocycles. The summed E-state index contributed by atoms with van der Waals surface area (Å²) in [6.07, 6.45) is 0. The van der Waals surface area contributed by atoms with Gasteiger partial charge in [-0.2, -0.15) is 4.98 Å². The summed E-state index contributed by atoms with van der Waals surface area (Å²) in [5.41, 5.74) is -0.0109. The summed E-state index contributed by atoms with van der Waals surface area (Å²) in [4.78, 5) is 16.2. The van der Waals surface area contributed by atoms with Crippen LogP contribution in [0, 0.1) is 6.92 Å². The summed E-state index contributed by atoms with van der Waals surface area (Å²) in [6, 6.07) is 7.15. The number of ether oxygens (including phenoxy) is 1. The Labute approximate surface area is 121 Å². The van der Waals surface area contributed by atoms with E-state index in [2.05, 4.69) is 10.1 Å². The van der Waals surface area contributed by atoms with Crippen molar-refractivity contribution in [2.75, 3.05) is 0 Å². The molecule has 106 valence electrons. The average molecular weight is 295 g/mol. The van der Waals surface area contributed by atoms with E-state index >= 15 is 0 Å². The molecular weight excluding hydrogens is 280 g/mol. The van der Waals surface area contributed by atoms with Crippen molar-refractivity contribution in [3.63, 3.8) is 0 Å². The van der Waals surface area contributed by atoms with Crippen LogP contribution in [0.4, 0.5) is 0 Å². The molecule has 0 saturated carbocycles. The van der Waals surface area contributed by atoms with Crippen molar-refractivity contribution in [1.29, 1.82) is 0 Å². The third-order valence-corrected chi connectivity index (χ3v) is 3.19. The molecule has 0 aliphatic carbocycles. The first-order valence-electron chi connectivity index (χ1n) is 6.12. The van der Waals surface area contributed by atoms with Crippen LogP contribution in [0.3, 0.4) is 0 Å². The van der Waals surface area contributed by atoms with Gasteiger partial charge in [0.2, 0.25) is 11.7 Å². The molecule has 0 bridgehead atoms. The lowest BCUT2D eigenvalue weighted by atomic mass is 9.85. The normalized spacial score (nSPS) is 11.4. The van der Waals surface area contributed by atoms with Gasteiger partial charge in [-0.15, -0.1) is 0 Å². The van der Waals surface area contributed by atoms with Gasteiger partial charge in [-0.05, 0) is 31.5 Å². The number of hydrogen-bond acceptors (Lipinski definition) is 5. The topological polar surface area (TPSA) is 65.2 Å². The number of aromatic nitrogens is 2. The Bertz CT molecular complexity index is 622. The monoisotopic (exact) mass is 294 g/mol. The standard InChI is InChI=1S/C14H15ClN2O3/c1-9-16-12(17-20-9)8-19-13(18)14(2,3)10-5-4-6-11(15)7-10/h4-7H,8H2,1-3H3. The minimum Gasteiger partial charge on any atom is -0.457 e. The van der Waals surface area contributed by atoms with E-state index < -0.39 is 5.41 Å². The lowest BCUT2D eigenvalue weighted by Gasteiger charge is -2.22. The molecule has 0 atom stereocenters. The average Bonchev–Trinajstić information content (AvgIpc) is 2.81. The van der Waals surface area contributed by atoms with Crippen LogP contribution in [0.15, 0.2) is 28.8 Å².